The Labute approximate surface area is 98.4 Å². The first kappa shape index (κ1) is 11.6. The third-order valence-corrected chi connectivity index (χ3v) is 3.28. The Morgan fingerprint density at radius 2 is 1.94 bits per heavy atom. The van der Waals surface area contributed by atoms with Crippen LogP contribution in [0.4, 0.5) is 0 Å². The highest BCUT2D eigenvalue weighted by atomic mass is 15.1. The van der Waals surface area contributed by atoms with Crippen molar-refractivity contribution in [1.29, 1.82) is 0 Å². The van der Waals surface area contributed by atoms with E-state index in [1.165, 1.54) is 37.1 Å². The van der Waals surface area contributed by atoms with Crippen molar-refractivity contribution >= 4 is 0 Å². The van der Waals surface area contributed by atoms with Gasteiger partial charge in [0.05, 0.1) is 0 Å². The largest absolute Gasteiger partial charge is 0.322 e. The van der Waals surface area contributed by atoms with Gasteiger partial charge in [0.25, 0.3) is 0 Å². The summed E-state index contributed by atoms with van der Waals surface area (Å²) in [7, 11) is 0. The Balaban J connectivity index is 2.09. The lowest BCUT2D eigenvalue weighted by molar-refractivity contribution is 0.331. The van der Waals surface area contributed by atoms with Crippen molar-refractivity contribution in [2.45, 2.75) is 38.8 Å². The molecule has 2 heteroatoms. The van der Waals surface area contributed by atoms with Gasteiger partial charge in [-0.05, 0) is 50.9 Å². The molecule has 0 saturated carbocycles. The second-order valence-corrected chi connectivity index (χ2v) is 5.41. The predicted octanol–water partition coefficient (Wildman–Crippen LogP) is 2.48. The summed E-state index contributed by atoms with van der Waals surface area (Å²) in [5.41, 5.74) is 8.50. The first-order valence-corrected chi connectivity index (χ1v) is 6.16. The molecule has 16 heavy (non-hydrogen) atoms. The van der Waals surface area contributed by atoms with Gasteiger partial charge in [-0.3, -0.25) is 4.90 Å². The first-order valence-electron chi connectivity index (χ1n) is 6.16. The zero-order valence-corrected chi connectivity index (χ0v) is 10.4. The van der Waals surface area contributed by atoms with Gasteiger partial charge in [0, 0.05) is 12.1 Å². The molecule has 1 heterocycles. The number of hydrogen-bond acceptors (Lipinski definition) is 2. The van der Waals surface area contributed by atoms with Gasteiger partial charge >= 0.3 is 0 Å². The lowest BCUT2D eigenvalue weighted by Crippen LogP contribution is -2.29. The molecule has 88 valence electrons. The minimum atomic E-state index is -0.235. The van der Waals surface area contributed by atoms with Gasteiger partial charge in [-0.25, -0.2) is 0 Å². The van der Waals surface area contributed by atoms with E-state index >= 15 is 0 Å². The van der Waals surface area contributed by atoms with E-state index in [0.717, 1.165) is 6.54 Å². The first-order chi connectivity index (χ1) is 7.55. The molecule has 0 amide bonds. The normalized spacial score (nSPS) is 17.9. The zero-order chi connectivity index (χ0) is 11.6. The number of likely N-dealkylation sites (tertiary alicyclic amines) is 1. The highest BCUT2D eigenvalue weighted by Crippen LogP contribution is 2.19. The van der Waals surface area contributed by atoms with Gasteiger partial charge in [-0.15, -0.1) is 0 Å². The monoisotopic (exact) mass is 218 g/mol. The molecular weight excluding hydrogens is 196 g/mol. The maximum Gasteiger partial charge on any atom is 0.0352 e. The topological polar surface area (TPSA) is 29.3 Å². The van der Waals surface area contributed by atoms with Crippen LogP contribution in [0.3, 0.4) is 0 Å². The van der Waals surface area contributed by atoms with Crippen molar-refractivity contribution in [3.63, 3.8) is 0 Å². The molecule has 0 aliphatic carbocycles. The molecule has 0 bridgehead atoms. The Kier molecular flexibility index (Phi) is 3.31. The van der Waals surface area contributed by atoms with Gasteiger partial charge in [-0.1, -0.05) is 24.3 Å². The van der Waals surface area contributed by atoms with E-state index < -0.39 is 0 Å². The molecule has 1 aliphatic rings. The van der Waals surface area contributed by atoms with Gasteiger partial charge in [0.2, 0.25) is 0 Å². The van der Waals surface area contributed by atoms with Gasteiger partial charge in [-0.2, -0.15) is 0 Å². The quantitative estimate of drug-likeness (QED) is 0.844. The molecular formula is C14H22N2. The molecule has 0 aromatic heterocycles. The molecule has 1 fully saturated rings. The average molecular weight is 218 g/mol. The van der Waals surface area contributed by atoms with E-state index in [1.807, 2.05) is 0 Å². The van der Waals surface area contributed by atoms with Gasteiger partial charge in [0.15, 0.2) is 0 Å². The maximum absolute atomic E-state index is 6.12. The second-order valence-electron chi connectivity index (χ2n) is 5.41. The SMILES string of the molecule is CC(C)(N)c1cccc(CN2CCCC2)c1. The summed E-state index contributed by atoms with van der Waals surface area (Å²) in [6.45, 7) is 7.68. The highest BCUT2D eigenvalue weighted by Gasteiger charge is 2.16. The number of hydrogen-bond donors (Lipinski definition) is 1. The lowest BCUT2D eigenvalue weighted by Gasteiger charge is -2.21. The fourth-order valence-electron chi connectivity index (χ4n) is 2.27. The fourth-order valence-corrected chi connectivity index (χ4v) is 2.27. The summed E-state index contributed by atoms with van der Waals surface area (Å²) < 4.78 is 0. The van der Waals surface area contributed by atoms with Crippen LogP contribution in [0.1, 0.15) is 37.8 Å². The number of rotatable bonds is 3. The molecule has 2 nitrogen and oxygen atoms in total. The average Bonchev–Trinajstić information content (AvgIpc) is 2.70. The molecule has 0 spiro atoms. The third-order valence-electron chi connectivity index (χ3n) is 3.28. The Bertz CT molecular complexity index is 346. The van der Waals surface area contributed by atoms with Crippen molar-refractivity contribution in [3.8, 4) is 0 Å². The Morgan fingerprint density at radius 1 is 1.25 bits per heavy atom. The summed E-state index contributed by atoms with van der Waals surface area (Å²) in [5, 5.41) is 0. The van der Waals surface area contributed by atoms with Crippen LogP contribution in [0.2, 0.25) is 0 Å². The molecule has 0 unspecified atom stereocenters. The number of nitrogens with two attached hydrogens (primary N) is 1. The van der Waals surface area contributed by atoms with E-state index in [1.54, 1.807) is 0 Å². The van der Waals surface area contributed by atoms with E-state index in [4.69, 9.17) is 5.73 Å². The third kappa shape index (κ3) is 2.83. The zero-order valence-electron chi connectivity index (χ0n) is 10.4. The van der Waals surface area contributed by atoms with Crippen LogP contribution in [-0.2, 0) is 12.1 Å². The number of nitrogens with zero attached hydrogens (tertiary/aromatic N) is 1. The van der Waals surface area contributed by atoms with Crippen LogP contribution in [0.25, 0.3) is 0 Å². The standard InChI is InChI=1S/C14H22N2/c1-14(2,15)13-7-5-6-12(10-13)11-16-8-3-4-9-16/h5-7,10H,3-4,8-9,11,15H2,1-2H3. The Morgan fingerprint density at radius 3 is 2.56 bits per heavy atom. The van der Waals surface area contributed by atoms with Crippen LogP contribution in [0.5, 0.6) is 0 Å². The maximum atomic E-state index is 6.12. The van der Waals surface area contributed by atoms with E-state index in [2.05, 4.69) is 43.0 Å². The molecule has 2 N–H and O–H groups in total. The smallest absolute Gasteiger partial charge is 0.0352 e. The van der Waals surface area contributed by atoms with Gasteiger partial charge in [0.1, 0.15) is 0 Å². The summed E-state index contributed by atoms with van der Waals surface area (Å²) in [6.07, 6.45) is 2.70. The molecule has 0 atom stereocenters. The van der Waals surface area contributed by atoms with E-state index in [0.29, 0.717) is 0 Å². The molecule has 2 rings (SSSR count). The van der Waals surface area contributed by atoms with Crippen molar-refractivity contribution < 1.29 is 0 Å². The summed E-state index contributed by atoms with van der Waals surface area (Å²) in [5.74, 6) is 0. The van der Waals surface area contributed by atoms with Crippen LogP contribution >= 0.6 is 0 Å². The molecule has 1 aliphatic heterocycles. The molecule has 0 radical (unpaired) electrons. The van der Waals surface area contributed by atoms with Crippen LogP contribution in [0, 0.1) is 0 Å². The summed E-state index contributed by atoms with van der Waals surface area (Å²) in [4.78, 5) is 2.52. The van der Waals surface area contributed by atoms with E-state index in [9.17, 15) is 0 Å². The minimum Gasteiger partial charge on any atom is -0.322 e. The van der Waals surface area contributed by atoms with Crippen LogP contribution < -0.4 is 5.73 Å². The van der Waals surface area contributed by atoms with Crippen molar-refractivity contribution in [2.75, 3.05) is 13.1 Å². The summed E-state index contributed by atoms with van der Waals surface area (Å²) in [6, 6.07) is 8.69. The molecule has 1 saturated heterocycles. The lowest BCUT2D eigenvalue weighted by atomic mass is 9.94. The molecule has 1 aromatic carbocycles. The highest BCUT2D eigenvalue weighted by molar-refractivity contribution is 5.28. The summed E-state index contributed by atoms with van der Waals surface area (Å²) >= 11 is 0. The van der Waals surface area contributed by atoms with Crippen molar-refractivity contribution in [1.82, 2.24) is 4.90 Å². The second kappa shape index (κ2) is 4.56. The van der Waals surface area contributed by atoms with Crippen molar-refractivity contribution in [3.05, 3.63) is 35.4 Å². The van der Waals surface area contributed by atoms with Gasteiger partial charge < -0.3 is 5.73 Å². The predicted molar refractivity (Wildman–Crippen MR) is 68.2 cm³/mol. The van der Waals surface area contributed by atoms with Crippen molar-refractivity contribution in [2.24, 2.45) is 5.73 Å². The van der Waals surface area contributed by atoms with Crippen LogP contribution in [-0.4, -0.2) is 18.0 Å². The van der Waals surface area contributed by atoms with E-state index in [-0.39, 0.29) is 5.54 Å². The minimum absolute atomic E-state index is 0.235. The van der Waals surface area contributed by atoms with Crippen LogP contribution in [0.15, 0.2) is 24.3 Å². The fraction of sp³-hybridized carbons (Fsp3) is 0.571. The number of benzene rings is 1. The Hall–Kier alpha value is -0.860. The molecule has 1 aromatic rings.